The minimum Gasteiger partial charge on any atom is -0.395 e. The van der Waals surface area contributed by atoms with Crippen LogP contribution in [0.5, 0.6) is 0 Å². The lowest BCUT2D eigenvalue weighted by Crippen LogP contribution is -2.56. The van der Waals surface area contributed by atoms with Crippen LogP contribution in [0.2, 0.25) is 0 Å². The Labute approximate surface area is 405 Å². The first kappa shape index (κ1) is 50.1. The number of hydrogen-bond acceptors (Lipinski definition) is 12. The Hall–Kier alpha value is -7.74. The number of aliphatic imine (C=N–C) groups is 1. The van der Waals surface area contributed by atoms with Crippen LogP contribution in [0, 0.1) is 5.92 Å². The number of pyridine rings is 1. The molecule has 0 saturated heterocycles. The highest BCUT2D eigenvalue weighted by atomic mass is 16.3. The molecule has 0 radical (unpaired) electrons. The van der Waals surface area contributed by atoms with Gasteiger partial charge in [0.2, 0.25) is 23.6 Å². The maximum Gasteiger partial charge on any atom is 0.312 e. The molecular formula is C50H59N11O9. The zero-order chi connectivity index (χ0) is 50.3. The quantitative estimate of drug-likeness (QED) is 0.0677. The van der Waals surface area contributed by atoms with Crippen molar-refractivity contribution >= 4 is 76.4 Å². The number of anilines is 2. The third kappa shape index (κ3) is 11.4. The maximum atomic E-state index is 14.3. The maximum absolute atomic E-state index is 14.3. The first-order chi connectivity index (χ1) is 33.5. The lowest BCUT2D eigenvalue weighted by Gasteiger charge is -2.33. The van der Waals surface area contributed by atoms with Gasteiger partial charge in [0.25, 0.3) is 17.7 Å². The molecule has 20 nitrogen and oxygen atoms in total. The van der Waals surface area contributed by atoms with Crippen molar-refractivity contribution < 1.29 is 43.5 Å². The fourth-order valence-electron chi connectivity index (χ4n) is 8.87. The summed E-state index contributed by atoms with van der Waals surface area (Å²) >= 11 is 0. The number of urea groups is 1. The van der Waals surface area contributed by atoms with E-state index in [4.69, 9.17) is 11.5 Å². The normalized spacial score (nSPS) is 16.5. The van der Waals surface area contributed by atoms with Gasteiger partial charge in [-0.05, 0) is 91.6 Å². The molecule has 0 spiro atoms. The standard InChI is InChI=1S/C50H59N11O9/c1-4-19-59(21-22-62)46(67)32-23-31-7-10-34(26-39(31)56-40(51)25-32)50(16-17-50)48(69)55-35-24-33-28-60(20-15-37(33)54-27-35)47(68)38(6-5-18-53-49(52)70)57-45(66)43(29(2)3)58-44(65)30-8-11-36(12-9-30)61-41(63)13-14-42(61)64/h7-14,23-24,26-27,29,38,43,62H,4-6,15-22,25,28H2,1-3H3,(H2,51,56)(H,55,69)(H,57,66)(H,58,65)(H3,52,53,70). The van der Waals surface area contributed by atoms with Crippen LogP contribution in [-0.2, 0) is 47.1 Å². The summed E-state index contributed by atoms with van der Waals surface area (Å²) in [6.07, 6.45) is 8.54. The van der Waals surface area contributed by atoms with Gasteiger partial charge < -0.3 is 47.6 Å². The van der Waals surface area contributed by atoms with E-state index in [0.717, 1.165) is 34.7 Å². The largest absolute Gasteiger partial charge is 0.395 e. The van der Waals surface area contributed by atoms with E-state index in [2.05, 4.69) is 31.2 Å². The third-order valence-corrected chi connectivity index (χ3v) is 12.8. The van der Waals surface area contributed by atoms with Crippen LogP contribution in [0.1, 0.15) is 92.0 Å². The first-order valence-corrected chi connectivity index (χ1v) is 23.5. The van der Waals surface area contributed by atoms with E-state index in [-0.39, 0.29) is 74.4 Å². The number of primary amides is 1. The molecule has 1 aromatic heterocycles. The van der Waals surface area contributed by atoms with Gasteiger partial charge in [0, 0.05) is 80.1 Å². The summed E-state index contributed by atoms with van der Waals surface area (Å²) in [6, 6.07) is 10.3. The number of fused-ring (bicyclic) bond motifs is 2. The number of imide groups is 1. The molecule has 9 N–H and O–H groups in total. The summed E-state index contributed by atoms with van der Waals surface area (Å²) in [7, 11) is 0. The molecule has 2 unspecified atom stereocenters. The Morgan fingerprint density at radius 3 is 2.34 bits per heavy atom. The van der Waals surface area contributed by atoms with E-state index < -0.39 is 59.0 Å². The van der Waals surface area contributed by atoms with Crippen molar-refractivity contribution in [1.29, 1.82) is 0 Å². The van der Waals surface area contributed by atoms with Crippen molar-refractivity contribution in [3.05, 3.63) is 100 Å². The molecule has 7 rings (SSSR count). The van der Waals surface area contributed by atoms with Crippen molar-refractivity contribution in [3.63, 3.8) is 0 Å². The van der Waals surface area contributed by atoms with Crippen LogP contribution in [0.4, 0.5) is 21.9 Å². The fourth-order valence-corrected chi connectivity index (χ4v) is 8.87. The number of aromatic nitrogens is 1. The lowest BCUT2D eigenvalue weighted by atomic mass is 9.92. The topological polar surface area (TPSA) is 292 Å². The predicted molar refractivity (Wildman–Crippen MR) is 260 cm³/mol. The molecule has 20 heteroatoms. The number of aliphatic hydroxyl groups is 1. The summed E-state index contributed by atoms with van der Waals surface area (Å²) in [6.45, 7) is 6.56. The average Bonchev–Trinajstić information content (AvgIpc) is 4.11. The van der Waals surface area contributed by atoms with E-state index in [1.54, 1.807) is 42.0 Å². The second kappa shape index (κ2) is 21.7. The van der Waals surface area contributed by atoms with Gasteiger partial charge >= 0.3 is 6.03 Å². The lowest BCUT2D eigenvalue weighted by molar-refractivity contribution is -0.138. The van der Waals surface area contributed by atoms with Gasteiger partial charge in [-0.25, -0.2) is 14.7 Å². The molecule has 0 bridgehead atoms. The van der Waals surface area contributed by atoms with Gasteiger partial charge in [-0.2, -0.15) is 0 Å². The smallest absolute Gasteiger partial charge is 0.312 e. The number of rotatable bonds is 19. The number of hydrogen-bond donors (Lipinski definition) is 7. The van der Waals surface area contributed by atoms with Gasteiger partial charge in [-0.15, -0.1) is 0 Å². The highest BCUT2D eigenvalue weighted by Gasteiger charge is 2.51. The van der Waals surface area contributed by atoms with E-state index in [1.807, 2.05) is 25.1 Å². The van der Waals surface area contributed by atoms with Gasteiger partial charge in [-0.3, -0.25) is 38.5 Å². The Balaban J connectivity index is 1.02. The Bertz CT molecular complexity index is 2650. The Morgan fingerprint density at radius 2 is 1.69 bits per heavy atom. The van der Waals surface area contributed by atoms with Crippen molar-refractivity contribution in [3.8, 4) is 0 Å². The van der Waals surface area contributed by atoms with Crippen LogP contribution in [0.3, 0.4) is 0 Å². The van der Waals surface area contributed by atoms with E-state index >= 15 is 0 Å². The van der Waals surface area contributed by atoms with Crippen molar-refractivity contribution in [1.82, 2.24) is 30.7 Å². The number of nitrogens with zero attached hydrogens (tertiary/aromatic N) is 5. The number of amidine groups is 1. The van der Waals surface area contributed by atoms with Crippen LogP contribution >= 0.6 is 0 Å². The van der Waals surface area contributed by atoms with E-state index in [1.165, 1.54) is 24.3 Å². The van der Waals surface area contributed by atoms with Gasteiger partial charge in [0.15, 0.2) is 0 Å². The minimum atomic E-state index is -1.07. The molecular weight excluding hydrogens is 899 g/mol. The monoisotopic (exact) mass is 957 g/mol. The summed E-state index contributed by atoms with van der Waals surface area (Å²) in [5, 5.41) is 20.7. The molecule has 3 aliphatic heterocycles. The van der Waals surface area contributed by atoms with Crippen LogP contribution in [0.25, 0.3) is 6.08 Å². The molecule has 9 amide bonds. The number of carbonyl (C=O) groups excluding carboxylic acids is 8. The van der Waals surface area contributed by atoms with Crippen molar-refractivity contribution in [2.24, 2.45) is 22.4 Å². The average molecular weight is 958 g/mol. The summed E-state index contributed by atoms with van der Waals surface area (Å²) in [5.41, 5.74) is 15.5. The van der Waals surface area contributed by atoms with Gasteiger partial charge in [0.1, 0.15) is 17.9 Å². The fraction of sp³-hybridized carbons (Fsp3) is 0.400. The molecule has 1 fully saturated rings. The van der Waals surface area contributed by atoms with E-state index in [0.29, 0.717) is 60.4 Å². The Morgan fingerprint density at radius 1 is 0.957 bits per heavy atom. The number of amides is 9. The third-order valence-electron chi connectivity index (χ3n) is 12.8. The molecule has 3 aromatic rings. The SMILES string of the molecule is CCCN(CCO)C(=O)C1=Cc2ccc(C3(C(=O)Nc4cnc5c(c4)CN(C(=O)C(CCCNC(N)=O)NC(=O)C(NC(=O)c4ccc(N6C(=O)C=CC6=O)cc4)C(C)C)CC5)CC3)cc2N=C(N)C1. The molecule has 4 heterocycles. The molecule has 368 valence electrons. The molecule has 2 atom stereocenters. The zero-order valence-corrected chi connectivity index (χ0v) is 39.5. The van der Waals surface area contributed by atoms with Crippen molar-refractivity contribution in [2.45, 2.75) is 89.8 Å². The summed E-state index contributed by atoms with van der Waals surface area (Å²) in [5.74, 6) is -3.20. The predicted octanol–water partition coefficient (Wildman–Crippen LogP) is 2.46. The molecule has 2 aromatic carbocycles. The summed E-state index contributed by atoms with van der Waals surface area (Å²) in [4.78, 5) is 118. The van der Waals surface area contributed by atoms with Gasteiger partial charge in [0.05, 0.1) is 35.3 Å². The molecule has 1 aliphatic carbocycles. The number of carbonyl (C=O) groups is 8. The Kier molecular flexibility index (Phi) is 15.5. The van der Waals surface area contributed by atoms with Gasteiger partial charge in [-0.1, -0.05) is 32.9 Å². The second-order valence-electron chi connectivity index (χ2n) is 18.2. The first-order valence-electron chi connectivity index (χ1n) is 23.5. The van der Waals surface area contributed by atoms with Crippen molar-refractivity contribution in [2.75, 3.05) is 43.0 Å². The highest BCUT2D eigenvalue weighted by Crippen LogP contribution is 2.50. The molecule has 70 heavy (non-hydrogen) atoms. The highest BCUT2D eigenvalue weighted by molar-refractivity contribution is 6.28. The zero-order valence-electron chi connectivity index (χ0n) is 39.5. The number of benzene rings is 2. The number of aliphatic hydroxyl groups excluding tert-OH is 1. The van der Waals surface area contributed by atoms with Crippen LogP contribution in [-0.4, -0.2) is 118 Å². The van der Waals surface area contributed by atoms with Crippen LogP contribution < -0.4 is 37.6 Å². The summed E-state index contributed by atoms with van der Waals surface area (Å²) < 4.78 is 0. The minimum absolute atomic E-state index is 0.130. The number of nitrogens with one attached hydrogen (secondary N) is 4. The van der Waals surface area contributed by atoms with Crippen LogP contribution in [0.15, 0.2) is 77.4 Å². The molecule has 4 aliphatic rings. The second-order valence-corrected chi connectivity index (χ2v) is 18.2. The van der Waals surface area contributed by atoms with E-state index in [9.17, 15) is 43.5 Å². The number of nitrogens with two attached hydrogens (primary N) is 2. The molecule has 1 saturated carbocycles.